The van der Waals surface area contributed by atoms with Crippen LogP contribution in [0, 0.1) is 6.92 Å². The van der Waals surface area contributed by atoms with Crippen molar-refractivity contribution in [2.75, 3.05) is 11.6 Å². The van der Waals surface area contributed by atoms with Gasteiger partial charge in [0.05, 0.1) is 29.4 Å². The molecule has 1 amide bonds. The number of pyridine rings is 1. The summed E-state index contributed by atoms with van der Waals surface area (Å²) in [6.45, 7) is 4.15. The number of carbonyl (C=O) groups excluding carboxylic acids is 1. The first-order valence-corrected chi connectivity index (χ1v) is 13.2. The molecule has 2 aromatic heterocycles. The summed E-state index contributed by atoms with van der Waals surface area (Å²) in [5.41, 5.74) is 3.38. The molecule has 2 aromatic carbocycles. The zero-order valence-corrected chi connectivity index (χ0v) is 20.9. The molecule has 1 atom stereocenters. The maximum absolute atomic E-state index is 12.6. The molecule has 0 bridgehead atoms. The Hall–Kier alpha value is -3.52. The Kier molecular flexibility index (Phi) is 6.15. The van der Waals surface area contributed by atoms with Crippen LogP contribution in [0.15, 0.2) is 66.0 Å². The lowest BCUT2D eigenvalue weighted by Crippen LogP contribution is -2.37. The van der Waals surface area contributed by atoms with Crippen molar-refractivity contribution in [1.82, 2.24) is 14.8 Å². The van der Waals surface area contributed by atoms with Gasteiger partial charge in [-0.25, -0.2) is 0 Å². The van der Waals surface area contributed by atoms with Crippen LogP contribution in [0.1, 0.15) is 37.3 Å². The summed E-state index contributed by atoms with van der Waals surface area (Å²) in [5.74, 6) is 1.25. The van der Waals surface area contributed by atoms with Gasteiger partial charge in [-0.05, 0) is 74.6 Å². The number of anilines is 1. The van der Waals surface area contributed by atoms with Crippen LogP contribution in [0.25, 0.3) is 10.9 Å². The van der Waals surface area contributed by atoms with Crippen LogP contribution >= 0.6 is 0 Å². The maximum atomic E-state index is 12.6. The lowest BCUT2D eigenvalue weighted by molar-refractivity contribution is -0.115. The number of ether oxygens (including phenoxy) is 1. The van der Waals surface area contributed by atoms with E-state index in [2.05, 4.69) is 22.3 Å². The maximum Gasteiger partial charge on any atom is 0.228 e. The van der Waals surface area contributed by atoms with Gasteiger partial charge in [0.15, 0.2) is 0 Å². The van der Waals surface area contributed by atoms with Crippen LogP contribution in [0.5, 0.6) is 11.5 Å². The highest BCUT2D eigenvalue weighted by Crippen LogP contribution is 2.38. The second-order valence-corrected chi connectivity index (χ2v) is 10.8. The van der Waals surface area contributed by atoms with Gasteiger partial charge in [-0.2, -0.15) is 5.10 Å². The SMILES string of the molecule is Cc1cc(CC(=O)Nc2cnn(C3(C)CCC3)c2)ccc1Oc1ccnc2ccc(S(C)=O)cc12. The Bertz CT molecular complexity index is 1440. The molecule has 0 saturated heterocycles. The van der Waals surface area contributed by atoms with Crippen molar-refractivity contribution in [2.45, 2.75) is 50.0 Å². The molecule has 1 N–H and O–H groups in total. The fourth-order valence-corrected chi connectivity index (χ4v) is 4.96. The summed E-state index contributed by atoms with van der Waals surface area (Å²) in [7, 11) is -1.10. The van der Waals surface area contributed by atoms with Crippen molar-refractivity contribution in [3.63, 3.8) is 0 Å². The second kappa shape index (κ2) is 9.26. The van der Waals surface area contributed by atoms with Crippen molar-refractivity contribution in [1.29, 1.82) is 0 Å². The largest absolute Gasteiger partial charge is 0.456 e. The lowest BCUT2D eigenvalue weighted by atomic mass is 9.79. The number of amides is 1. The fraction of sp³-hybridized carbons (Fsp3) is 0.296. The highest BCUT2D eigenvalue weighted by atomic mass is 32.2. The van der Waals surface area contributed by atoms with Crippen LogP contribution in [0.3, 0.4) is 0 Å². The first-order valence-electron chi connectivity index (χ1n) is 11.7. The highest BCUT2D eigenvalue weighted by molar-refractivity contribution is 7.84. The van der Waals surface area contributed by atoms with E-state index in [1.54, 1.807) is 24.7 Å². The fourth-order valence-electron chi connectivity index (χ4n) is 4.41. The van der Waals surface area contributed by atoms with Gasteiger partial charge >= 0.3 is 0 Å². The van der Waals surface area contributed by atoms with Crippen molar-refractivity contribution in [3.8, 4) is 11.5 Å². The minimum atomic E-state index is -1.10. The van der Waals surface area contributed by atoms with E-state index >= 15 is 0 Å². The van der Waals surface area contributed by atoms with Gasteiger partial charge in [0, 0.05) is 39.7 Å². The number of nitrogens with one attached hydrogen (secondary N) is 1. The standard InChI is InChI=1S/C27H28N4O3S/c1-18-13-19(14-26(32)30-20-16-29-31(17-20)27(2)10-4-11-27)5-8-24(18)34-25-9-12-28-23-7-6-21(35(3)33)15-22(23)25/h5-9,12-13,15-17H,4,10-11,14H2,1-3H3,(H,30,32). The quantitative estimate of drug-likeness (QED) is 0.379. The molecule has 2 heterocycles. The van der Waals surface area contributed by atoms with Crippen molar-refractivity contribution in [2.24, 2.45) is 0 Å². The molecule has 1 aliphatic carbocycles. The van der Waals surface area contributed by atoms with Gasteiger partial charge < -0.3 is 10.1 Å². The van der Waals surface area contributed by atoms with Crippen LogP contribution in [0.2, 0.25) is 0 Å². The van der Waals surface area contributed by atoms with Crippen molar-refractivity contribution < 1.29 is 13.7 Å². The summed E-state index contributed by atoms with van der Waals surface area (Å²) in [6.07, 6.45) is 10.7. The molecular formula is C27H28N4O3S. The van der Waals surface area contributed by atoms with E-state index in [-0.39, 0.29) is 17.9 Å². The average molecular weight is 489 g/mol. The molecule has 1 unspecified atom stereocenters. The number of hydrogen-bond acceptors (Lipinski definition) is 5. The first kappa shape index (κ1) is 23.2. The summed E-state index contributed by atoms with van der Waals surface area (Å²) >= 11 is 0. The van der Waals surface area contributed by atoms with Gasteiger partial charge in [-0.3, -0.25) is 18.7 Å². The predicted molar refractivity (Wildman–Crippen MR) is 137 cm³/mol. The number of benzene rings is 2. The number of aryl methyl sites for hydroxylation is 1. The Morgan fingerprint density at radius 3 is 2.71 bits per heavy atom. The average Bonchev–Trinajstić information content (AvgIpc) is 3.27. The number of hydrogen-bond donors (Lipinski definition) is 1. The predicted octanol–water partition coefficient (Wildman–Crippen LogP) is 5.35. The monoisotopic (exact) mass is 488 g/mol. The Morgan fingerprint density at radius 2 is 2.00 bits per heavy atom. The molecular weight excluding hydrogens is 460 g/mol. The van der Waals surface area contributed by atoms with E-state index in [4.69, 9.17) is 4.74 Å². The van der Waals surface area contributed by atoms with Crippen LogP contribution < -0.4 is 10.1 Å². The third-order valence-electron chi connectivity index (χ3n) is 6.68. The van der Waals surface area contributed by atoms with Crippen molar-refractivity contribution >= 4 is 33.3 Å². The van der Waals surface area contributed by atoms with Crippen molar-refractivity contribution in [3.05, 3.63) is 72.2 Å². The normalized spacial score (nSPS) is 15.4. The van der Waals surface area contributed by atoms with Gasteiger partial charge in [0.1, 0.15) is 11.5 Å². The third kappa shape index (κ3) is 4.84. The minimum Gasteiger partial charge on any atom is -0.456 e. The minimum absolute atomic E-state index is 0.0747. The first-order chi connectivity index (χ1) is 16.8. The van der Waals surface area contributed by atoms with E-state index < -0.39 is 10.8 Å². The smallest absolute Gasteiger partial charge is 0.228 e. The molecule has 180 valence electrons. The van der Waals surface area contributed by atoms with E-state index in [1.165, 1.54) is 6.42 Å². The van der Waals surface area contributed by atoms with Gasteiger partial charge in [-0.15, -0.1) is 0 Å². The summed E-state index contributed by atoms with van der Waals surface area (Å²) in [4.78, 5) is 17.7. The molecule has 1 saturated carbocycles. The molecule has 5 rings (SSSR count). The van der Waals surface area contributed by atoms with Crippen LogP contribution in [0.4, 0.5) is 5.69 Å². The molecule has 1 fully saturated rings. The van der Waals surface area contributed by atoms with E-state index in [9.17, 15) is 9.00 Å². The molecule has 0 aliphatic heterocycles. The van der Waals surface area contributed by atoms with Gasteiger partial charge in [0.25, 0.3) is 0 Å². The van der Waals surface area contributed by atoms with Crippen LogP contribution in [-0.2, 0) is 27.6 Å². The third-order valence-corrected chi connectivity index (χ3v) is 7.60. The Morgan fingerprint density at radius 1 is 1.17 bits per heavy atom. The molecule has 1 aliphatic rings. The topological polar surface area (TPSA) is 86.1 Å². The van der Waals surface area contributed by atoms with Gasteiger partial charge in [-0.1, -0.05) is 12.1 Å². The number of fused-ring (bicyclic) bond motifs is 1. The Labute approximate surface area is 207 Å². The number of rotatable bonds is 7. The van der Waals surface area contributed by atoms with E-state index in [1.807, 2.05) is 54.2 Å². The zero-order valence-electron chi connectivity index (χ0n) is 20.1. The zero-order chi connectivity index (χ0) is 24.6. The van der Waals surface area contributed by atoms with Gasteiger partial charge in [0.2, 0.25) is 5.91 Å². The number of aromatic nitrogens is 3. The lowest BCUT2D eigenvalue weighted by Gasteiger charge is -2.38. The number of carbonyl (C=O) groups is 1. The molecule has 0 radical (unpaired) electrons. The highest BCUT2D eigenvalue weighted by Gasteiger charge is 2.34. The molecule has 4 aromatic rings. The molecule has 0 spiro atoms. The molecule has 8 heteroatoms. The van der Waals surface area contributed by atoms with Crippen LogP contribution in [-0.4, -0.2) is 31.1 Å². The Balaban J connectivity index is 1.28. The molecule has 7 nitrogen and oxygen atoms in total. The van der Waals surface area contributed by atoms with E-state index in [0.717, 1.165) is 45.5 Å². The second-order valence-electron chi connectivity index (χ2n) is 9.39. The summed E-state index contributed by atoms with van der Waals surface area (Å²) < 4.78 is 20.1. The molecule has 35 heavy (non-hydrogen) atoms. The summed E-state index contributed by atoms with van der Waals surface area (Å²) in [6, 6.07) is 13.1. The number of nitrogens with zero attached hydrogens (tertiary/aromatic N) is 3. The summed E-state index contributed by atoms with van der Waals surface area (Å²) in [5, 5.41) is 8.20. The van der Waals surface area contributed by atoms with E-state index in [0.29, 0.717) is 11.5 Å².